The van der Waals surface area contributed by atoms with Crippen molar-refractivity contribution in [1.82, 2.24) is 0 Å². The summed E-state index contributed by atoms with van der Waals surface area (Å²) in [6, 6.07) is 6.51. The monoisotopic (exact) mass is 251 g/mol. The number of halogens is 1. The molecule has 14 heavy (non-hydrogen) atoms. The Morgan fingerprint density at radius 3 is 2.86 bits per heavy atom. The van der Waals surface area contributed by atoms with Gasteiger partial charge in [-0.3, -0.25) is 4.99 Å². The van der Waals surface area contributed by atoms with E-state index in [2.05, 4.69) is 53.0 Å². The molecule has 1 heterocycles. The molecule has 2 heteroatoms. The topological polar surface area (TPSA) is 12.4 Å². The standard InChI is InChI=1S/C12H14BrN/c1-8(2)12-11-7-10(13)4-3-9(11)5-6-14-12/h3-4,7-8H,5-6H2,1-2H3. The van der Waals surface area contributed by atoms with E-state index in [9.17, 15) is 0 Å². The zero-order chi connectivity index (χ0) is 10.1. The van der Waals surface area contributed by atoms with Crippen LogP contribution in [-0.2, 0) is 6.42 Å². The molecule has 0 spiro atoms. The molecule has 74 valence electrons. The van der Waals surface area contributed by atoms with Crippen LogP contribution in [0.4, 0.5) is 0 Å². The Bertz CT molecular complexity index is 380. The Hall–Kier alpha value is -0.630. The van der Waals surface area contributed by atoms with Gasteiger partial charge < -0.3 is 0 Å². The van der Waals surface area contributed by atoms with Crippen molar-refractivity contribution < 1.29 is 0 Å². The largest absolute Gasteiger partial charge is 0.289 e. The van der Waals surface area contributed by atoms with Crippen LogP contribution in [0.15, 0.2) is 27.7 Å². The summed E-state index contributed by atoms with van der Waals surface area (Å²) in [7, 11) is 0. The predicted octanol–water partition coefficient (Wildman–Crippen LogP) is 3.45. The van der Waals surface area contributed by atoms with Gasteiger partial charge in [0.1, 0.15) is 0 Å². The molecule has 1 aromatic carbocycles. The van der Waals surface area contributed by atoms with Crippen molar-refractivity contribution in [1.29, 1.82) is 0 Å². The summed E-state index contributed by atoms with van der Waals surface area (Å²) in [5.74, 6) is 0.517. The van der Waals surface area contributed by atoms with Crippen LogP contribution in [-0.4, -0.2) is 12.3 Å². The number of aliphatic imine (C=N–C) groups is 1. The van der Waals surface area contributed by atoms with Crippen LogP contribution >= 0.6 is 15.9 Å². The lowest BCUT2D eigenvalue weighted by Gasteiger charge is -2.19. The van der Waals surface area contributed by atoms with Gasteiger partial charge >= 0.3 is 0 Å². The summed E-state index contributed by atoms with van der Waals surface area (Å²) in [6.07, 6.45) is 1.08. The van der Waals surface area contributed by atoms with Crippen LogP contribution in [0.2, 0.25) is 0 Å². The highest BCUT2D eigenvalue weighted by Gasteiger charge is 2.16. The summed E-state index contributed by atoms with van der Waals surface area (Å²) < 4.78 is 1.14. The van der Waals surface area contributed by atoms with Crippen LogP contribution in [0.3, 0.4) is 0 Å². The van der Waals surface area contributed by atoms with Crippen LogP contribution in [0.25, 0.3) is 0 Å². The van der Waals surface area contributed by atoms with Crippen LogP contribution in [0.5, 0.6) is 0 Å². The van der Waals surface area contributed by atoms with Gasteiger partial charge in [-0.1, -0.05) is 35.8 Å². The van der Waals surface area contributed by atoms with E-state index in [0.29, 0.717) is 5.92 Å². The zero-order valence-corrected chi connectivity index (χ0v) is 10.1. The first-order chi connectivity index (χ1) is 6.68. The summed E-state index contributed by atoms with van der Waals surface area (Å²) in [5, 5.41) is 0. The quantitative estimate of drug-likeness (QED) is 0.725. The molecule has 0 N–H and O–H groups in total. The zero-order valence-electron chi connectivity index (χ0n) is 8.55. The van der Waals surface area contributed by atoms with E-state index in [-0.39, 0.29) is 0 Å². The average Bonchev–Trinajstić information content (AvgIpc) is 2.16. The first-order valence-corrected chi connectivity index (χ1v) is 5.81. The molecular weight excluding hydrogens is 238 g/mol. The third kappa shape index (κ3) is 1.76. The molecule has 1 aromatic rings. The fraction of sp³-hybridized carbons (Fsp3) is 0.417. The van der Waals surface area contributed by atoms with Gasteiger partial charge in [-0.15, -0.1) is 0 Å². The fourth-order valence-electron chi connectivity index (χ4n) is 1.88. The fourth-order valence-corrected chi connectivity index (χ4v) is 2.24. The molecular formula is C12H14BrN. The molecule has 0 fully saturated rings. The summed E-state index contributed by atoms with van der Waals surface area (Å²) in [5.41, 5.74) is 4.03. The second kappa shape index (κ2) is 3.85. The van der Waals surface area contributed by atoms with Crippen molar-refractivity contribution in [2.45, 2.75) is 20.3 Å². The molecule has 0 bridgehead atoms. The van der Waals surface area contributed by atoms with Crippen molar-refractivity contribution in [3.8, 4) is 0 Å². The minimum absolute atomic E-state index is 0.517. The van der Waals surface area contributed by atoms with Gasteiger partial charge in [-0.25, -0.2) is 0 Å². The maximum absolute atomic E-state index is 4.61. The van der Waals surface area contributed by atoms with Crippen molar-refractivity contribution in [2.75, 3.05) is 6.54 Å². The maximum atomic E-state index is 4.61. The molecule has 0 saturated heterocycles. The number of hydrogen-bond donors (Lipinski definition) is 0. The SMILES string of the molecule is CC(C)C1=NCCc2ccc(Br)cc21. The Morgan fingerprint density at radius 1 is 1.36 bits per heavy atom. The second-order valence-electron chi connectivity index (χ2n) is 3.97. The van der Waals surface area contributed by atoms with Crippen molar-refractivity contribution in [3.63, 3.8) is 0 Å². The maximum Gasteiger partial charge on any atom is 0.0449 e. The van der Waals surface area contributed by atoms with Crippen molar-refractivity contribution >= 4 is 21.6 Å². The molecule has 0 aliphatic carbocycles. The highest BCUT2D eigenvalue weighted by molar-refractivity contribution is 9.10. The highest BCUT2D eigenvalue weighted by Crippen LogP contribution is 2.23. The first kappa shape index (κ1) is 9.91. The smallest absolute Gasteiger partial charge is 0.0449 e. The van der Waals surface area contributed by atoms with Gasteiger partial charge in [0.25, 0.3) is 0 Å². The van der Waals surface area contributed by atoms with Gasteiger partial charge in [0, 0.05) is 22.3 Å². The van der Waals surface area contributed by atoms with Gasteiger partial charge in [0.05, 0.1) is 0 Å². The number of nitrogens with zero attached hydrogens (tertiary/aromatic N) is 1. The summed E-state index contributed by atoms with van der Waals surface area (Å²) in [6.45, 7) is 5.35. The minimum Gasteiger partial charge on any atom is -0.289 e. The molecule has 1 aliphatic heterocycles. The van der Waals surface area contributed by atoms with Gasteiger partial charge in [0.15, 0.2) is 0 Å². The lowest BCUT2D eigenvalue weighted by molar-refractivity contribution is 0.839. The van der Waals surface area contributed by atoms with Crippen LogP contribution in [0.1, 0.15) is 25.0 Å². The van der Waals surface area contributed by atoms with E-state index in [1.54, 1.807) is 0 Å². The normalized spacial score (nSPS) is 15.3. The van der Waals surface area contributed by atoms with Gasteiger partial charge in [-0.05, 0) is 30.0 Å². The van der Waals surface area contributed by atoms with E-state index < -0.39 is 0 Å². The molecule has 0 aromatic heterocycles. The minimum atomic E-state index is 0.517. The molecule has 0 amide bonds. The lowest BCUT2D eigenvalue weighted by atomic mass is 9.92. The Labute approximate surface area is 93.4 Å². The van der Waals surface area contributed by atoms with E-state index >= 15 is 0 Å². The van der Waals surface area contributed by atoms with E-state index in [4.69, 9.17) is 0 Å². The summed E-state index contributed by atoms with van der Waals surface area (Å²) >= 11 is 3.51. The summed E-state index contributed by atoms with van der Waals surface area (Å²) in [4.78, 5) is 4.61. The molecule has 0 unspecified atom stereocenters. The molecule has 1 aliphatic rings. The van der Waals surface area contributed by atoms with E-state index in [1.807, 2.05) is 0 Å². The van der Waals surface area contributed by atoms with Crippen molar-refractivity contribution in [3.05, 3.63) is 33.8 Å². The third-order valence-corrected chi connectivity index (χ3v) is 3.05. The number of benzene rings is 1. The molecule has 0 radical (unpaired) electrons. The highest BCUT2D eigenvalue weighted by atomic mass is 79.9. The Morgan fingerprint density at radius 2 is 2.14 bits per heavy atom. The van der Waals surface area contributed by atoms with Crippen molar-refractivity contribution in [2.24, 2.45) is 10.9 Å². The van der Waals surface area contributed by atoms with E-state index in [1.165, 1.54) is 16.8 Å². The third-order valence-electron chi connectivity index (χ3n) is 2.56. The Kier molecular flexibility index (Phi) is 2.73. The Balaban J connectivity index is 2.51. The average molecular weight is 252 g/mol. The van der Waals surface area contributed by atoms with Crippen LogP contribution in [0, 0.1) is 5.92 Å². The molecule has 0 saturated carbocycles. The predicted molar refractivity (Wildman–Crippen MR) is 64.1 cm³/mol. The molecule has 2 rings (SSSR count). The lowest BCUT2D eigenvalue weighted by Crippen LogP contribution is -2.17. The van der Waals surface area contributed by atoms with Gasteiger partial charge in [0.2, 0.25) is 0 Å². The molecule has 1 nitrogen and oxygen atoms in total. The number of rotatable bonds is 1. The second-order valence-corrected chi connectivity index (χ2v) is 4.89. The van der Waals surface area contributed by atoms with Gasteiger partial charge in [-0.2, -0.15) is 0 Å². The number of hydrogen-bond acceptors (Lipinski definition) is 1. The number of fused-ring (bicyclic) bond motifs is 1. The van der Waals surface area contributed by atoms with E-state index in [0.717, 1.165) is 17.4 Å². The molecule has 0 atom stereocenters. The van der Waals surface area contributed by atoms with Crippen LogP contribution < -0.4 is 0 Å². The first-order valence-electron chi connectivity index (χ1n) is 5.01.